The molecule has 0 spiro atoms. The van der Waals surface area contributed by atoms with Crippen molar-refractivity contribution in [3.05, 3.63) is 65.2 Å². The second-order valence-electron chi connectivity index (χ2n) is 8.75. The molecule has 0 aliphatic carbocycles. The van der Waals surface area contributed by atoms with Crippen molar-refractivity contribution in [3.8, 4) is 11.5 Å². The van der Waals surface area contributed by atoms with E-state index in [1.54, 1.807) is 49.6 Å². The van der Waals surface area contributed by atoms with Gasteiger partial charge >= 0.3 is 0 Å². The van der Waals surface area contributed by atoms with E-state index in [2.05, 4.69) is 0 Å². The van der Waals surface area contributed by atoms with E-state index < -0.39 is 23.5 Å². The fraction of sp³-hybridized carbons (Fsp3) is 0.385. The Labute approximate surface area is 195 Å². The zero-order valence-corrected chi connectivity index (χ0v) is 19.9. The first-order valence-corrected chi connectivity index (χ1v) is 11.2. The molecule has 3 rings (SSSR count). The number of carbonyl (C=O) groups is 2. The Kier molecular flexibility index (Phi) is 7.76. The van der Waals surface area contributed by atoms with E-state index >= 15 is 0 Å². The number of likely N-dealkylation sites (tertiary alicyclic amines) is 1. The van der Waals surface area contributed by atoms with Gasteiger partial charge in [-0.2, -0.15) is 0 Å². The molecule has 0 aromatic heterocycles. The molecule has 33 heavy (non-hydrogen) atoms. The van der Waals surface area contributed by atoms with Crippen LogP contribution in [0.25, 0.3) is 5.76 Å². The van der Waals surface area contributed by atoms with Gasteiger partial charge in [-0.25, -0.2) is 0 Å². The summed E-state index contributed by atoms with van der Waals surface area (Å²) in [4.78, 5) is 28.8. The lowest BCUT2D eigenvalue weighted by atomic mass is 9.95. The number of hydrogen-bond donors (Lipinski definition) is 1. The summed E-state index contributed by atoms with van der Waals surface area (Å²) >= 11 is 0. The van der Waals surface area contributed by atoms with Crippen LogP contribution in [0.1, 0.15) is 37.4 Å². The molecule has 1 unspecified atom stereocenters. The third kappa shape index (κ3) is 5.54. The first kappa shape index (κ1) is 24.3. The summed E-state index contributed by atoms with van der Waals surface area (Å²) in [6.07, 6.45) is 0.717. The SMILES string of the molecule is COc1cccc(C2C(=C([O-])c3ccc(OC(C)C)cc3)C(=O)C(=O)N2CCC[NH+](C)C)c1. The maximum atomic E-state index is 13.5. The van der Waals surface area contributed by atoms with Gasteiger partial charge in [0.1, 0.15) is 11.5 Å². The minimum absolute atomic E-state index is 0.00459. The minimum atomic E-state index is -0.753. The Bertz CT molecular complexity index is 1030. The molecule has 2 aromatic carbocycles. The fourth-order valence-electron chi connectivity index (χ4n) is 3.97. The summed E-state index contributed by atoms with van der Waals surface area (Å²) in [5.74, 6) is -0.596. The van der Waals surface area contributed by atoms with Crippen molar-refractivity contribution in [3.63, 3.8) is 0 Å². The van der Waals surface area contributed by atoms with Gasteiger partial charge in [0.2, 0.25) is 5.78 Å². The number of benzene rings is 2. The molecule has 0 saturated carbocycles. The molecular formula is C26H32N2O5. The highest BCUT2D eigenvalue weighted by Gasteiger charge is 2.44. The molecular weight excluding hydrogens is 420 g/mol. The average molecular weight is 453 g/mol. The van der Waals surface area contributed by atoms with Crippen molar-refractivity contribution >= 4 is 17.4 Å². The Balaban J connectivity index is 2.05. The Hall–Kier alpha value is -3.32. The smallest absolute Gasteiger partial charge is 0.295 e. The highest BCUT2D eigenvalue weighted by Crippen LogP contribution is 2.39. The fourth-order valence-corrected chi connectivity index (χ4v) is 3.97. The van der Waals surface area contributed by atoms with Crippen LogP contribution in [0, 0.1) is 0 Å². The van der Waals surface area contributed by atoms with Crippen LogP contribution in [-0.4, -0.2) is 57.0 Å². The molecule has 1 aliphatic heterocycles. The topological polar surface area (TPSA) is 83.3 Å². The molecule has 1 aliphatic rings. The van der Waals surface area contributed by atoms with E-state index in [4.69, 9.17) is 9.47 Å². The number of amides is 1. The van der Waals surface area contributed by atoms with Gasteiger partial charge in [0, 0.05) is 18.5 Å². The van der Waals surface area contributed by atoms with Crippen LogP contribution in [0.5, 0.6) is 11.5 Å². The first-order valence-electron chi connectivity index (χ1n) is 11.2. The molecule has 1 heterocycles. The van der Waals surface area contributed by atoms with Crippen LogP contribution in [0.3, 0.4) is 0 Å². The zero-order valence-electron chi connectivity index (χ0n) is 19.9. The van der Waals surface area contributed by atoms with E-state index in [0.717, 1.165) is 6.54 Å². The van der Waals surface area contributed by atoms with Crippen molar-refractivity contribution in [1.82, 2.24) is 4.90 Å². The van der Waals surface area contributed by atoms with Gasteiger partial charge in [-0.05, 0) is 49.2 Å². The van der Waals surface area contributed by atoms with Crippen LogP contribution in [0.2, 0.25) is 0 Å². The van der Waals surface area contributed by atoms with E-state index in [9.17, 15) is 14.7 Å². The third-order valence-electron chi connectivity index (χ3n) is 5.50. The normalized spacial score (nSPS) is 17.8. The summed E-state index contributed by atoms with van der Waals surface area (Å²) in [6.45, 7) is 5.06. The van der Waals surface area contributed by atoms with E-state index in [1.807, 2.05) is 34.0 Å². The van der Waals surface area contributed by atoms with Crippen LogP contribution < -0.4 is 19.5 Å². The second kappa shape index (κ2) is 10.5. The molecule has 7 heteroatoms. The molecule has 1 atom stereocenters. The summed E-state index contributed by atoms with van der Waals surface area (Å²) < 4.78 is 11.0. The monoisotopic (exact) mass is 452 g/mol. The standard InChI is InChI=1S/C26H32N2O5/c1-17(2)33-20-12-10-18(11-13-20)24(29)22-23(19-8-6-9-21(16-19)32-5)28(26(31)25(22)30)15-7-14-27(3)4/h6,8-13,16-17,23,29H,7,14-15H2,1-5H3. The number of nitrogens with zero attached hydrogens (tertiary/aromatic N) is 1. The van der Waals surface area contributed by atoms with Gasteiger partial charge in [0.15, 0.2) is 0 Å². The number of ketones is 1. The number of nitrogens with one attached hydrogen (secondary N) is 1. The highest BCUT2D eigenvalue weighted by atomic mass is 16.5. The van der Waals surface area contributed by atoms with Gasteiger partial charge in [0.25, 0.3) is 5.91 Å². The van der Waals surface area contributed by atoms with Gasteiger partial charge in [-0.3, -0.25) is 9.59 Å². The molecule has 0 bridgehead atoms. The van der Waals surface area contributed by atoms with Crippen LogP contribution in [0.15, 0.2) is 54.1 Å². The van der Waals surface area contributed by atoms with E-state index in [1.165, 1.54) is 9.80 Å². The molecule has 7 nitrogen and oxygen atoms in total. The number of hydrogen-bond acceptors (Lipinski definition) is 5. The van der Waals surface area contributed by atoms with E-state index in [-0.39, 0.29) is 11.7 Å². The number of carbonyl (C=O) groups excluding carboxylic acids is 2. The van der Waals surface area contributed by atoms with Gasteiger partial charge < -0.3 is 24.4 Å². The lowest BCUT2D eigenvalue weighted by Crippen LogP contribution is -3.05. The van der Waals surface area contributed by atoms with E-state index in [0.29, 0.717) is 35.6 Å². The molecule has 1 amide bonds. The lowest BCUT2D eigenvalue weighted by molar-refractivity contribution is -0.858. The summed E-state index contributed by atoms with van der Waals surface area (Å²) in [5, 5.41) is 13.5. The Morgan fingerprint density at radius 2 is 1.79 bits per heavy atom. The summed E-state index contributed by atoms with van der Waals surface area (Å²) in [6, 6.07) is 13.1. The molecule has 1 fully saturated rings. The maximum absolute atomic E-state index is 13.5. The van der Waals surface area contributed by atoms with Gasteiger partial charge in [0.05, 0.1) is 39.9 Å². The molecule has 0 radical (unpaired) electrons. The van der Waals surface area contributed by atoms with Crippen LogP contribution in [-0.2, 0) is 9.59 Å². The molecule has 2 aromatic rings. The summed E-state index contributed by atoms with van der Waals surface area (Å²) in [7, 11) is 5.62. The lowest BCUT2D eigenvalue weighted by Gasteiger charge is -2.28. The zero-order chi connectivity index (χ0) is 24.1. The quantitative estimate of drug-likeness (QED) is 0.352. The van der Waals surface area contributed by atoms with Gasteiger partial charge in [-0.15, -0.1) is 0 Å². The average Bonchev–Trinajstić information content (AvgIpc) is 3.03. The van der Waals surface area contributed by atoms with Gasteiger partial charge in [-0.1, -0.05) is 30.0 Å². The first-order chi connectivity index (χ1) is 15.7. The van der Waals surface area contributed by atoms with Crippen molar-refractivity contribution < 1.29 is 29.1 Å². The predicted octanol–water partition coefficient (Wildman–Crippen LogP) is 1.24. The molecule has 1 saturated heterocycles. The molecule has 1 N–H and O–H groups in total. The van der Waals surface area contributed by atoms with Crippen molar-refractivity contribution in [1.29, 1.82) is 0 Å². The number of quaternary nitrogens is 1. The third-order valence-corrected chi connectivity index (χ3v) is 5.50. The minimum Gasteiger partial charge on any atom is -0.872 e. The Morgan fingerprint density at radius 1 is 1.09 bits per heavy atom. The number of rotatable bonds is 9. The van der Waals surface area contributed by atoms with Crippen molar-refractivity contribution in [2.45, 2.75) is 32.4 Å². The van der Waals surface area contributed by atoms with Crippen LogP contribution >= 0.6 is 0 Å². The highest BCUT2D eigenvalue weighted by molar-refractivity contribution is 6.46. The molecule has 176 valence electrons. The second-order valence-corrected chi connectivity index (χ2v) is 8.75. The van der Waals surface area contributed by atoms with Crippen molar-refractivity contribution in [2.24, 2.45) is 0 Å². The van der Waals surface area contributed by atoms with Crippen LogP contribution in [0.4, 0.5) is 0 Å². The maximum Gasteiger partial charge on any atom is 0.295 e. The summed E-state index contributed by atoms with van der Waals surface area (Å²) in [5.41, 5.74) is 0.992. The Morgan fingerprint density at radius 3 is 2.39 bits per heavy atom. The largest absolute Gasteiger partial charge is 0.872 e. The number of ether oxygens (including phenoxy) is 2. The number of Topliss-reactive ketones (excluding diaryl/α,β-unsaturated/α-hetero) is 1. The van der Waals surface area contributed by atoms with Crippen molar-refractivity contribution in [2.75, 3.05) is 34.3 Å². The predicted molar refractivity (Wildman–Crippen MR) is 124 cm³/mol. The number of methoxy groups -OCH3 is 1.